The maximum Gasteiger partial charge on any atom is 1.00 e. The molecule has 0 saturated heterocycles. The first kappa shape index (κ1) is 165. The first-order valence-corrected chi connectivity index (χ1v) is 30.0. The number of carboxylic acids is 2. The van der Waals surface area contributed by atoms with Crippen LogP contribution in [0.3, 0.4) is 0 Å². The van der Waals surface area contributed by atoms with Crippen LogP contribution in [0.1, 0.15) is 284 Å². The van der Waals surface area contributed by atoms with Gasteiger partial charge in [0.25, 0.3) is 0 Å². The molecule has 0 bridgehead atoms. The Hall–Kier alpha value is -2.31. The van der Waals surface area contributed by atoms with Crippen molar-refractivity contribution >= 4 is 76.3 Å². The minimum atomic E-state index is -10.7. The summed E-state index contributed by atoms with van der Waals surface area (Å²) in [6.07, 6.45) is 25.6. The van der Waals surface area contributed by atoms with Gasteiger partial charge in [0.05, 0.1) is 25.7 Å². The van der Waals surface area contributed by atoms with E-state index in [0.717, 1.165) is 116 Å². The number of rotatable bonds is 28. The van der Waals surface area contributed by atoms with E-state index in [0.29, 0.717) is 38.5 Å². The molecular weight excluding hydrogens is 1310 g/mol. The molecule has 0 aliphatic carbocycles. The molecule has 0 atom stereocenters. The molecule has 5 N–H and O–H groups in total. The molecule has 0 aliphatic rings. The van der Waals surface area contributed by atoms with Gasteiger partial charge in [-0.15, -0.1) is 12.6 Å². The van der Waals surface area contributed by atoms with E-state index in [1.54, 1.807) is 0 Å². The van der Waals surface area contributed by atoms with Gasteiger partial charge in [-0.05, 0) is 44.7 Å². The van der Waals surface area contributed by atoms with Gasteiger partial charge >= 0.3 is 208 Å². The number of carboxylic acid groups (broad SMARTS) is 4. The summed E-state index contributed by atoms with van der Waals surface area (Å²) in [7, 11) is -16.8. The van der Waals surface area contributed by atoms with Crippen LogP contribution in [0, 0.1) is 0 Å². The molecule has 548 valence electrons. The van der Waals surface area contributed by atoms with Crippen LogP contribution in [-0.2, 0) is 81.6 Å². The molecular formula is C53H107F10Li6O24P2+. The summed E-state index contributed by atoms with van der Waals surface area (Å²) in [5.74, 6) is -3.21. The van der Waals surface area contributed by atoms with E-state index in [-0.39, 0.29) is 170 Å². The van der Waals surface area contributed by atoms with E-state index in [1.165, 1.54) is 38.5 Å². The SMILES string of the molecule is C.C.C.CCCCC.CCCCC.CCCCCC(=O)O.CCCCCC(=O)O.CCCCCC(=O)OOC(=O)CCCCC.CCCCCC(=O)OOC(=O)CCCCC.F[P-](F)(F)(F)(F)F.O.O=C([O-])[O-].O=C=O.O=C=O.O=C=O.O=P(F)(F)F.[F-].[Li+].[Li+].[Li+].[Li+].[Li+].[Li+].[OH-]. The van der Waals surface area contributed by atoms with Crippen molar-refractivity contribution in [3.63, 3.8) is 0 Å². The molecule has 0 fully saturated rings. The number of halogens is 10. The number of hydrogen-bond acceptors (Lipinski definition) is 21. The molecule has 0 saturated carbocycles. The smallest absolute Gasteiger partial charge is 1.00 e. The molecule has 0 radical (unpaired) electrons. The van der Waals surface area contributed by atoms with Crippen LogP contribution in [0.2, 0.25) is 0 Å². The molecule has 0 amide bonds. The predicted octanol–water partition coefficient (Wildman–Crippen LogP) is -4.88. The topological polar surface area (TPSA) is 424 Å². The summed E-state index contributed by atoms with van der Waals surface area (Å²) in [4.78, 5) is 139. The summed E-state index contributed by atoms with van der Waals surface area (Å²) in [6.45, 7) is 21.2. The van der Waals surface area contributed by atoms with Gasteiger partial charge in [-0.2, -0.15) is 28.8 Å². The zero-order valence-corrected chi connectivity index (χ0v) is 58.7. The molecule has 0 aliphatic heterocycles. The molecule has 42 heteroatoms. The Labute approximate surface area is 629 Å². The van der Waals surface area contributed by atoms with Crippen molar-refractivity contribution in [1.29, 1.82) is 0 Å². The summed E-state index contributed by atoms with van der Waals surface area (Å²) < 4.78 is 97.1. The van der Waals surface area contributed by atoms with Crippen molar-refractivity contribution in [3.05, 3.63) is 0 Å². The molecule has 95 heavy (non-hydrogen) atoms. The minimum Gasteiger partial charge on any atom is -1.00 e. The van der Waals surface area contributed by atoms with E-state index in [1.807, 2.05) is 0 Å². The number of hydrogen-bond donors (Lipinski definition) is 2. The monoisotopic (exact) mass is 1420 g/mol. The van der Waals surface area contributed by atoms with Gasteiger partial charge in [-0.3, -0.25) is 9.59 Å². The van der Waals surface area contributed by atoms with Crippen molar-refractivity contribution < 1.29 is 273 Å². The van der Waals surface area contributed by atoms with Crippen LogP contribution >= 0.6 is 15.9 Å². The molecule has 0 spiro atoms. The Morgan fingerprint density at radius 2 is 0.453 bits per heavy atom. The van der Waals surface area contributed by atoms with Gasteiger partial charge in [0, 0.05) is 12.8 Å². The number of aliphatic carboxylic acids is 2. The Kier molecular flexibility index (Phi) is 223. The fraction of sp³-hybridized carbons (Fsp3) is 0.811. The van der Waals surface area contributed by atoms with Gasteiger partial charge < -0.3 is 40.9 Å². The maximum absolute atomic E-state index is 11.1. The number of carbonyl (C=O) groups is 7. The van der Waals surface area contributed by atoms with Crippen LogP contribution in [0.25, 0.3) is 0 Å². The summed E-state index contributed by atoms with van der Waals surface area (Å²) >= 11 is 0. The van der Waals surface area contributed by atoms with E-state index in [4.69, 9.17) is 58.6 Å². The third-order valence-electron chi connectivity index (χ3n) is 7.80. The Balaban J connectivity index is -0.0000000271. The van der Waals surface area contributed by atoms with Gasteiger partial charge in [0.2, 0.25) is 0 Å². The van der Waals surface area contributed by atoms with E-state index in [2.05, 4.69) is 88.8 Å². The van der Waals surface area contributed by atoms with Crippen LogP contribution in [0.5, 0.6) is 0 Å². The number of carbonyl (C=O) groups excluding carboxylic acids is 11. The van der Waals surface area contributed by atoms with E-state index >= 15 is 0 Å². The maximum atomic E-state index is 11.1. The second kappa shape index (κ2) is 128. The van der Waals surface area contributed by atoms with Crippen molar-refractivity contribution in [2.75, 3.05) is 0 Å². The van der Waals surface area contributed by atoms with Crippen molar-refractivity contribution in [2.24, 2.45) is 0 Å². The molecule has 0 aromatic carbocycles. The predicted molar refractivity (Wildman–Crippen MR) is 306 cm³/mol. The normalized spacial score (nSPS) is 8.58. The summed E-state index contributed by atoms with van der Waals surface area (Å²) in [6, 6.07) is 0. The molecule has 0 heterocycles. The van der Waals surface area contributed by atoms with Crippen LogP contribution < -0.4 is 128 Å². The van der Waals surface area contributed by atoms with Crippen molar-refractivity contribution in [2.45, 2.75) is 284 Å². The summed E-state index contributed by atoms with van der Waals surface area (Å²) in [5, 5.41) is 32.9. The second-order valence-corrected chi connectivity index (χ2v) is 18.6. The first-order valence-electron chi connectivity index (χ1n) is 26.6. The second-order valence-electron chi connectivity index (χ2n) is 15.9. The fourth-order valence-electron chi connectivity index (χ4n) is 4.19. The van der Waals surface area contributed by atoms with Crippen LogP contribution in [0.4, 0.5) is 42.6 Å². The quantitative estimate of drug-likeness (QED) is 0.0185. The third kappa shape index (κ3) is 424. The molecule has 0 aromatic heterocycles. The van der Waals surface area contributed by atoms with Gasteiger partial charge in [-0.1, -0.05) is 207 Å². The van der Waals surface area contributed by atoms with Crippen molar-refractivity contribution in [1.82, 2.24) is 0 Å². The van der Waals surface area contributed by atoms with Gasteiger partial charge in [0.15, 0.2) is 0 Å². The van der Waals surface area contributed by atoms with E-state index in [9.17, 15) is 66.5 Å². The van der Waals surface area contributed by atoms with Gasteiger partial charge in [-0.25, -0.2) is 43.3 Å². The van der Waals surface area contributed by atoms with Gasteiger partial charge in [0.1, 0.15) is 0 Å². The molecule has 0 unspecified atom stereocenters. The Bertz CT molecular complexity index is 1510. The zero-order chi connectivity index (χ0) is 68.1. The molecule has 0 rings (SSSR count). The molecule has 24 nitrogen and oxygen atoms in total. The summed E-state index contributed by atoms with van der Waals surface area (Å²) in [5.41, 5.74) is 0. The Morgan fingerprint density at radius 3 is 0.526 bits per heavy atom. The fourth-order valence-corrected chi connectivity index (χ4v) is 4.19. The first-order chi connectivity index (χ1) is 38.2. The average molecular weight is 1420 g/mol. The van der Waals surface area contributed by atoms with E-state index < -0.39 is 57.9 Å². The largest absolute Gasteiger partial charge is 1.00 e. The average Bonchev–Trinajstić information content (AvgIpc) is 3.34. The zero-order valence-electron chi connectivity index (χ0n) is 56.9. The Morgan fingerprint density at radius 1 is 0.358 bits per heavy atom. The van der Waals surface area contributed by atoms with Crippen molar-refractivity contribution in [3.8, 4) is 0 Å². The number of unbranched alkanes of at least 4 members (excludes halogenated alkanes) is 16. The van der Waals surface area contributed by atoms with Crippen LogP contribution in [-0.4, -0.2) is 81.6 Å². The minimum absolute atomic E-state index is 0. The van der Waals surface area contributed by atoms with Crippen LogP contribution in [0.15, 0.2) is 0 Å². The molecule has 0 aromatic rings. The standard InChI is InChI=1S/2C12H22O4.2C6H12O2.2C5H12.CH2O3.3CO2.3CH4.F6P.F3OP.FH.6Li.2H2O/c2*1-3-5-7-9-11(13)15-16-12(14)10-8-6-4-2;2*1-2-3-4-5-6(7)8;2*1-3-5-4-2;2-1(3)4;3*2-1-3;;;;1-7(2,3,4,5)6;1-5(2,3)4;;;;;;;;;/h2*3-10H2,1-2H3;2*2-5H2,1H3,(H,7,8);2*3-5H2,1-2H3;(H2,2,3,4);;;;3*1H4;;;1H;;;;;;;2*1H2/q;;;;;;;;;;;;;-1;;;6*+1;;/p-4. The third-order valence-corrected chi connectivity index (χ3v) is 7.80.